The van der Waals surface area contributed by atoms with E-state index in [0.717, 1.165) is 41.4 Å². The van der Waals surface area contributed by atoms with Crippen LogP contribution in [0.4, 0.5) is 17.5 Å². The van der Waals surface area contributed by atoms with E-state index < -0.39 is 0 Å². The van der Waals surface area contributed by atoms with Crippen LogP contribution in [0.15, 0.2) is 42.6 Å². The first-order chi connectivity index (χ1) is 14.4. The van der Waals surface area contributed by atoms with Gasteiger partial charge in [0.15, 0.2) is 0 Å². The summed E-state index contributed by atoms with van der Waals surface area (Å²) in [7, 11) is 0. The van der Waals surface area contributed by atoms with Crippen LogP contribution < -0.4 is 16.0 Å². The molecule has 0 saturated carbocycles. The molecule has 1 aromatic carbocycles. The Kier molecular flexibility index (Phi) is 5.35. The lowest BCUT2D eigenvalue weighted by atomic mass is 10.0. The minimum absolute atomic E-state index is 0.146. The zero-order valence-corrected chi connectivity index (χ0v) is 17.5. The number of carbonyl (C=O) groups is 1. The summed E-state index contributed by atoms with van der Waals surface area (Å²) in [4.78, 5) is 28.1. The number of aromatic nitrogens is 3. The molecule has 3 heterocycles. The molecule has 154 valence electrons. The minimum atomic E-state index is -0.146. The third-order valence-electron chi connectivity index (χ3n) is 5.31. The summed E-state index contributed by atoms with van der Waals surface area (Å²) >= 11 is 0. The Labute approximate surface area is 176 Å². The van der Waals surface area contributed by atoms with E-state index in [2.05, 4.69) is 39.0 Å². The number of hydrogen-bond donors (Lipinski definition) is 2. The Morgan fingerprint density at radius 3 is 2.67 bits per heavy atom. The van der Waals surface area contributed by atoms with Gasteiger partial charge >= 0.3 is 0 Å². The topological polar surface area (TPSA) is 97.0 Å². The highest BCUT2D eigenvalue weighted by Gasteiger charge is 2.21. The zero-order valence-electron chi connectivity index (χ0n) is 17.5. The van der Waals surface area contributed by atoms with Gasteiger partial charge in [-0.15, -0.1) is 0 Å². The molecule has 0 spiro atoms. The molecule has 7 nitrogen and oxygen atoms in total. The van der Waals surface area contributed by atoms with Gasteiger partial charge in [-0.1, -0.05) is 26.0 Å². The second-order valence-corrected chi connectivity index (χ2v) is 7.96. The van der Waals surface area contributed by atoms with E-state index >= 15 is 0 Å². The standard InChI is InChI=1S/C23H26N6O/c1-14(2)16-4-6-19(7-5-16)27-22(30)17-10-15(3)26-21(11-17)29-9-8-20-18(13-29)12-25-23(24)28-20/h4-7,10-12,14H,8-9,13H2,1-3H3,(H,27,30)(H2,24,25,28). The number of aryl methyl sites for hydroxylation is 1. The summed E-state index contributed by atoms with van der Waals surface area (Å²) in [5.41, 5.74) is 11.1. The molecular weight excluding hydrogens is 376 g/mol. The van der Waals surface area contributed by atoms with E-state index in [1.807, 2.05) is 43.3 Å². The van der Waals surface area contributed by atoms with E-state index in [1.165, 1.54) is 5.56 Å². The number of nitrogen functional groups attached to an aromatic ring is 1. The van der Waals surface area contributed by atoms with Crippen molar-refractivity contribution in [3.8, 4) is 0 Å². The van der Waals surface area contributed by atoms with Gasteiger partial charge in [0, 0.05) is 48.2 Å². The molecule has 3 N–H and O–H groups in total. The average molecular weight is 403 g/mol. The maximum absolute atomic E-state index is 12.9. The highest BCUT2D eigenvalue weighted by Crippen LogP contribution is 2.24. The van der Waals surface area contributed by atoms with Crippen molar-refractivity contribution in [2.75, 3.05) is 22.5 Å². The number of carbonyl (C=O) groups excluding carboxylic acids is 1. The van der Waals surface area contributed by atoms with E-state index in [9.17, 15) is 4.79 Å². The van der Waals surface area contributed by atoms with Gasteiger partial charge < -0.3 is 16.0 Å². The quantitative estimate of drug-likeness (QED) is 0.691. The summed E-state index contributed by atoms with van der Waals surface area (Å²) < 4.78 is 0. The lowest BCUT2D eigenvalue weighted by molar-refractivity contribution is 0.102. The van der Waals surface area contributed by atoms with Crippen molar-refractivity contribution in [1.82, 2.24) is 15.0 Å². The monoisotopic (exact) mass is 402 g/mol. The Balaban J connectivity index is 1.53. The molecule has 1 aliphatic heterocycles. The number of nitrogens with one attached hydrogen (secondary N) is 1. The van der Waals surface area contributed by atoms with Crippen LogP contribution in [0.2, 0.25) is 0 Å². The number of rotatable bonds is 4. The van der Waals surface area contributed by atoms with Crippen LogP contribution in [0, 0.1) is 6.92 Å². The summed E-state index contributed by atoms with van der Waals surface area (Å²) in [5, 5.41) is 2.98. The predicted octanol–water partition coefficient (Wildman–Crippen LogP) is 3.70. The molecule has 0 atom stereocenters. The average Bonchev–Trinajstić information content (AvgIpc) is 2.73. The Morgan fingerprint density at radius 1 is 1.17 bits per heavy atom. The van der Waals surface area contributed by atoms with Crippen LogP contribution in [0.25, 0.3) is 0 Å². The van der Waals surface area contributed by atoms with Crippen LogP contribution in [0.5, 0.6) is 0 Å². The molecule has 0 bridgehead atoms. The van der Waals surface area contributed by atoms with Crippen LogP contribution in [0.1, 0.15) is 52.6 Å². The molecule has 2 aromatic heterocycles. The molecule has 0 unspecified atom stereocenters. The number of nitrogens with two attached hydrogens (primary N) is 1. The van der Waals surface area contributed by atoms with Crippen molar-refractivity contribution in [3.63, 3.8) is 0 Å². The van der Waals surface area contributed by atoms with E-state index in [-0.39, 0.29) is 5.91 Å². The van der Waals surface area contributed by atoms with Crippen molar-refractivity contribution in [3.05, 3.63) is 70.7 Å². The van der Waals surface area contributed by atoms with Crippen LogP contribution in [-0.4, -0.2) is 27.4 Å². The summed E-state index contributed by atoms with van der Waals surface area (Å²) in [6.45, 7) is 7.60. The molecule has 1 amide bonds. The van der Waals surface area contributed by atoms with Gasteiger partial charge in [0.2, 0.25) is 5.95 Å². The highest BCUT2D eigenvalue weighted by atomic mass is 16.1. The van der Waals surface area contributed by atoms with Gasteiger partial charge in [0.1, 0.15) is 5.82 Å². The third-order valence-corrected chi connectivity index (χ3v) is 5.31. The smallest absolute Gasteiger partial charge is 0.255 e. The first-order valence-electron chi connectivity index (χ1n) is 10.1. The summed E-state index contributed by atoms with van der Waals surface area (Å²) in [5.74, 6) is 1.39. The highest BCUT2D eigenvalue weighted by molar-refractivity contribution is 6.04. The molecule has 0 fully saturated rings. The first kappa shape index (κ1) is 19.8. The van der Waals surface area contributed by atoms with Crippen molar-refractivity contribution in [1.29, 1.82) is 0 Å². The van der Waals surface area contributed by atoms with Gasteiger partial charge in [-0.05, 0) is 42.7 Å². The van der Waals surface area contributed by atoms with Crippen LogP contribution in [0.3, 0.4) is 0 Å². The molecular formula is C23H26N6O. The number of amides is 1. The lowest BCUT2D eigenvalue weighted by Gasteiger charge is -2.29. The number of hydrogen-bond acceptors (Lipinski definition) is 6. The second kappa shape index (κ2) is 8.10. The van der Waals surface area contributed by atoms with Gasteiger partial charge in [0.05, 0.1) is 5.69 Å². The Bertz CT molecular complexity index is 1080. The van der Waals surface area contributed by atoms with Gasteiger partial charge in [0.25, 0.3) is 5.91 Å². The number of pyridine rings is 1. The number of nitrogens with zero attached hydrogens (tertiary/aromatic N) is 4. The fraction of sp³-hybridized carbons (Fsp3) is 0.304. The normalized spacial score (nSPS) is 13.3. The molecule has 1 aliphatic rings. The molecule has 7 heteroatoms. The fourth-order valence-corrected chi connectivity index (χ4v) is 3.63. The number of anilines is 3. The number of fused-ring (bicyclic) bond motifs is 1. The molecule has 0 radical (unpaired) electrons. The lowest BCUT2D eigenvalue weighted by Crippen LogP contribution is -2.32. The van der Waals surface area contributed by atoms with E-state index in [1.54, 1.807) is 6.20 Å². The fourth-order valence-electron chi connectivity index (χ4n) is 3.63. The van der Waals surface area contributed by atoms with Gasteiger partial charge in [-0.2, -0.15) is 0 Å². The zero-order chi connectivity index (χ0) is 21.3. The first-order valence-corrected chi connectivity index (χ1v) is 10.1. The predicted molar refractivity (Wildman–Crippen MR) is 119 cm³/mol. The van der Waals surface area contributed by atoms with Gasteiger partial charge in [-0.25, -0.2) is 15.0 Å². The summed E-state index contributed by atoms with van der Waals surface area (Å²) in [6, 6.07) is 11.6. The molecule has 3 aromatic rings. The van der Waals surface area contributed by atoms with Crippen molar-refractivity contribution < 1.29 is 4.79 Å². The Hall–Kier alpha value is -3.48. The number of benzene rings is 1. The van der Waals surface area contributed by atoms with Crippen molar-refractivity contribution in [2.45, 2.75) is 39.7 Å². The van der Waals surface area contributed by atoms with E-state index in [0.29, 0.717) is 24.0 Å². The maximum atomic E-state index is 12.9. The SMILES string of the molecule is Cc1cc(C(=O)Nc2ccc(C(C)C)cc2)cc(N2CCc3nc(N)ncc3C2)n1. The van der Waals surface area contributed by atoms with Crippen LogP contribution in [-0.2, 0) is 13.0 Å². The van der Waals surface area contributed by atoms with Crippen molar-refractivity contribution >= 4 is 23.4 Å². The van der Waals surface area contributed by atoms with Crippen LogP contribution >= 0.6 is 0 Å². The molecule has 30 heavy (non-hydrogen) atoms. The third kappa shape index (κ3) is 4.25. The summed E-state index contributed by atoms with van der Waals surface area (Å²) in [6.07, 6.45) is 2.54. The minimum Gasteiger partial charge on any atom is -0.368 e. The van der Waals surface area contributed by atoms with E-state index in [4.69, 9.17) is 5.73 Å². The molecule has 0 saturated heterocycles. The van der Waals surface area contributed by atoms with Gasteiger partial charge in [-0.3, -0.25) is 4.79 Å². The largest absolute Gasteiger partial charge is 0.368 e. The molecule has 0 aliphatic carbocycles. The molecule has 4 rings (SSSR count). The second-order valence-electron chi connectivity index (χ2n) is 7.96. The maximum Gasteiger partial charge on any atom is 0.255 e. The van der Waals surface area contributed by atoms with Crippen molar-refractivity contribution in [2.24, 2.45) is 0 Å². The Morgan fingerprint density at radius 2 is 1.93 bits per heavy atom.